The minimum atomic E-state index is -0.779. The van der Waals surface area contributed by atoms with Gasteiger partial charge in [-0.3, -0.25) is 29.4 Å². The summed E-state index contributed by atoms with van der Waals surface area (Å²) in [6, 6.07) is 3.92. The Morgan fingerprint density at radius 3 is 2.44 bits per heavy atom. The first-order valence-corrected chi connectivity index (χ1v) is 8.21. The van der Waals surface area contributed by atoms with Crippen LogP contribution in [0.3, 0.4) is 0 Å². The van der Waals surface area contributed by atoms with Crippen molar-refractivity contribution in [1.29, 1.82) is 0 Å². The van der Waals surface area contributed by atoms with Gasteiger partial charge in [0.2, 0.25) is 5.91 Å². The molecule has 2 atom stereocenters. The maximum atomic E-state index is 12.6. The highest BCUT2D eigenvalue weighted by Crippen LogP contribution is 2.31. The van der Waals surface area contributed by atoms with Crippen LogP contribution in [0.2, 0.25) is 0 Å². The Morgan fingerprint density at radius 2 is 1.84 bits per heavy atom. The van der Waals surface area contributed by atoms with Crippen molar-refractivity contribution in [2.24, 2.45) is 11.8 Å². The minimum Gasteiger partial charge on any atom is -0.341 e. The highest BCUT2D eigenvalue weighted by Gasteiger charge is 2.42. The molecule has 25 heavy (non-hydrogen) atoms. The van der Waals surface area contributed by atoms with Crippen molar-refractivity contribution < 1.29 is 19.3 Å². The molecule has 132 valence electrons. The van der Waals surface area contributed by atoms with E-state index >= 15 is 0 Å². The standard InChI is InChI=1S/C17H19N3O5/c1-10-6-11(2)8-18(7-10)14(21)9-19-16(22)12-4-3-5-13(20(24)25)15(12)17(19)23/h3-5,10-11H,6-9H2,1-2H3/t10-,11+. The van der Waals surface area contributed by atoms with Gasteiger partial charge in [0.05, 0.1) is 10.5 Å². The van der Waals surface area contributed by atoms with Crippen LogP contribution < -0.4 is 0 Å². The average molecular weight is 345 g/mol. The Labute approximate surface area is 144 Å². The van der Waals surface area contributed by atoms with Gasteiger partial charge in [0.1, 0.15) is 12.1 Å². The molecule has 0 radical (unpaired) electrons. The second-order valence-corrected chi connectivity index (χ2v) is 6.90. The van der Waals surface area contributed by atoms with Crippen LogP contribution >= 0.6 is 0 Å². The zero-order valence-electron chi connectivity index (χ0n) is 14.1. The Hall–Kier alpha value is -2.77. The van der Waals surface area contributed by atoms with E-state index in [0.29, 0.717) is 24.9 Å². The van der Waals surface area contributed by atoms with Crippen molar-refractivity contribution in [2.45, 2.75) is 20.3 Å². The molecule has 1 saturated heterocycles. The lowest BCUT2D eigenvalue weighted by Crippen LogP contribution is -2.48. The number of hydrogen-bond acceptors (Lipinski definition) is 5. The predicted molar refractivity (Wildman–Crippen MR) is 88.0 cm³/mol. The van der Waals surface area contributed by atoms with Crippen LogP contribution in [0.5, 0.6) is 0 Å². The quantitative estimate of drug-likeness (QED) is 0.471. The Bertz CT molecular complexity index is 766. The second kappa shape index (κ2) is 6.27. The molecule has 8 heteroatoms. The van der Waals surface area contributed by atoms with Crippen LogP contribution in [-0.2, 0) is 4.79 Å². The second-order valence-electron chi connectivity index (χ2n) is 6.90. The maximum Gasteiger partial charge on any atom is 0.282 e. The summed E-state index contributed by atoms with van der Waals surface area (Å²) in [5.41, 5.74) is -0.663. The number of carbonyl (C=O) groups is 3. The van der Waals surface area contributed by atoms with E-state index in [1.807, 2.05) is 0 Å². The van der Waals surface area contributed by atoms with Crippen molar-refractivity contribution in [2.75, 3.05) is 19.6 Å². The summed E-state index contributed by atoms with van der Waals surface area (Å²) in [5, 5.41) is 11.1. The Balaban J connectivity index is 1.82. The predicted octanol–water partition coefficient (Wildman–Crippen LogP) is 1.70. The van der Waals surface area contributed by atoms with Crippen molar-refractivity contribution in [3.05, 3.63) is 39.4 Å². The molecule has 2 aliphatic heterocycles. The lowest BCUT2D eigenvalue weighted by molar-refractivity contribution is -0.385. The van der Waals surface area contributed by atoms with Crippen LogP contribution in [0.25, 0.3) is 0 Å². The fourth-order valence-electron chi connectivity index (χ4n) is 3.71. The number of amides is 3. The molecule has 8 nitrogen and oxygen atoms in total. The van der Waals surface area contributed by atoms with Crippen LogP contribution in [0.15, 0.2) is 18.2 Å². The third-order valence-corrected chi connectivity index (χ3v) is 4.69. The maximum absolute atomic E-state index is 12.6. The summed E-state index contributed by atoms with van der Waals surface area (Å²) in [7, 11) is 0. The van der Waals surface area contributed by atoms with Crippen LogP contribution in [0, 0.1) is 22.0 Å². The van der Waals surface area contributed by atoms with E-state index in [1.54, 1.807) is 4.90 Å². The normalized spacial score (nSPS) is 23.0. The van der Waals surface area contributed by atoms with E-state index in [1.165, 1.54) is 18.2 Å². The van der Waals surface area contributed by atoms with Crippen molar-refractivity contribution >= 4 is 23.4 Å². The van der Waals surface area contributed by atoms with Crippen molar-refractivity contribution in [1.82, 2.24) is 9.80 Å². The summed E-state index contributed by atoms with van der Waals surface area (Å²) in [4.78, 5) is 50.4. The molecule has 1 aromatic carbocycles. The van der Waals surface area contributed by atoms with Gasteiger partial charge in [-0.05, 0) is 24.3 Å². The van der Waals surface area contributed by atoms with Gasteiger partial charge < -0.3 is 4.90 Å². The molecule has 3 amide bonds. The topological polar surface area (TPSA) is 101 Å². The molecule has 1 aromatic rings. The van der Waals surface area contributed by atoms with Crippen LogP contribution in [0.1, 0.15) is 41.0 Å². The third-order valence-electron chi connectivity index (χ3n) is 4.69. The number of nitro groups is 1. The SMILES string of the molecule is C[C@@H]1C[C@H](C)CN(C(=O)CN2C(=O)c3cccc([N+](=O)[O-])c3C2=O)C1. The monoisotopic (exact) mass is 345 g/mol. The van der Waals surface area contributed by atoms with Crippen molar-refractivity contribution in [3.8, 4) is 0 Å². The summed E-state index contributed by atoms with van der Waals surface area (Å²) in [6.45, 7) is 4.91. The molecule has 0 N–H and O–H groups in total. The van der Waals surface area contributed by atoms with Gasteiger partial charge in [-0.25, -0.2) is 0 Å². The summed E-state index contributed by atoms with van der Waals surface area (Å²) < 4.78 is 0. The Morgan fingerprint density at radius 1 is 1.20 bits per heavy atom. The molecule has 0 bridgehead atoms. The number of nitro benzene ring substituents is 1. The molecule has 0 saturated carbocycles. The van der Waals surface area contributed by atoms with E-state index in [0.717, 1.165) is 11.3 Å². The van der Waals surface area contributed by atoms with E-state index < -0.39 is 22.4 Å². The highest BCUT2D eigenvalue weighted by atomic mass is 16.6. The molecule has 0 spiro atoms. The van der Waals surface area contributed by atoms with Gasteiger partial charge in [0.15, 0.2) is 0 Å². The van der Waals surface area contributed by atoms with Crippen molar-refractivity contribution in [3.63, 3.8) is 0 Å². The van der Waals surface area contributed by atoms with E-state index in [-0.39, 0.29) is 23.6 Å². The van der Waals surface area contributed by atoms with Gasteiger partial charge >= 0.3 is 0 Å². The van der Waals surface area contributed by atoms with Gasteiger partial charge in [-0.2, -0.15) is 0 Å². The van der Waals surface area contributed by atoms with E-state index in [2.05, 4.69) is 13.8 Å². The molecule has 0 aliphatic carbocycles. The first-order valence-electron chi connectivity index (χ1n) is 8.21. The van der Waals surface area contributed by atoms with Crippen LogP contribution in [0.4, 0.5) is 5.69 Å². The molecule has 1 fully saturated rings. The molecular weight excluding hydrogens is 326 g/mol. The van der Waals surface area contributed by atoms with Gasteiger partial charge in [-0.1, -0.05) is 19.9 Å². The zero-order valence-corrected chi connectivity index (χ0v) is 14.1. The minimum absolute atomic E-state index is 0.0209. The number of piperidine rings is 1. The summed E-state index contributed by atoms with van der Waals surface area (Å²) in [6.07, 6.45) is 1.03. The molecule has 2 heterocycles. The van der Waals surface area contributed by atoms with E-state index in [9.17, 15) is 24.5 Å². The number of fused-ring (bicyclic) bond motifs is 1. The molecule has 3 rings (SSSR count). The lowest BCUT2D eigenvalue weighted by atomic mass is 9.92. The lowest BCUT2D eigenvalue weighted by Gasteiger charge is -2.35. The smallest absolute Gasteiger partial charge is 0.282 e. The zero-order chi connectivity index (χ0) is 18.3. The number of likely N-dealkylation sites (tertiary alicyclic amines) is 1. The number of hydrogen-bond donors (Lipinski definition) is 0. The summed E-state index contributed by atoms with van der Waals surface area (Å²) in [5.74, 6) is -1.03. The number of rotatable bonds is 3. The van der Waals surface area contributed by atoms with Gasteiger partial charge in [-0.15, -0.1) is 0 Å². The highest BCUT2D eigenvalue weighted by molar-refractivity contribution is 6.24. The van der Waals surface area contributed by atoms with E-state index in [4.69, 9.17) is 0 Å². The summed E-state index contributed by atoms with van der Waals surface area (Å²) >= 11 is 0. The first-order chi connectivity index (χ1) is 11.8. The first kappa shape index (κ1) is 17.1. The fraction of sp³-hybridized carbons (Fsp3) is 0.471. The Kier molecular flexibility index (Phi) is 4.28. The molecular formula is C17H19N3O5. The molecule has 0 aromatic heterocycles. The average Bonchev–Trinajstić information content (AvgIpc) is 2.79. The number of nitrogens with zero attached hydrogens (tertiary/aromatic N) is 3. The number of carbonyl (C=O) groups excluding carboxylic acids is 3. The third kappa shape index (κ3) is 2.99. The molecule has 0 unspecified atom stereocenters. The van der Waals surface area contributed by atoms with Crippen LogP contribution in [-0.4, -0.2) is 52.1 Å². The van der Waals surface area contributed by atoms with Gasteiger partial charge in [0, 0.05) is 19.2 Å². The largest absolute Gasteiger partial charge is 0.341 e. The molecule has 2 aliphatic rings. The fourth-order valence-corrected chi connectivity index (χ4v) is 3.71. The number of benzene rings is 1. The number of imide groups is 1. The van der Waals surface area contributed by atoms with Gasteiger partial charge in [0.25, 0.3) is 17.5 Å².